The van der Waals surface area contributed by atoms with Gasteiger partial charge in [-0.05, 0) is 84.9 Å². The predicted molar refractivity (Wildman–Crippen MR) is 127 cm³/mol. The minimum atomic E-state index is 0.809. The molecule has 0 aliphatic carbocycles. The maximum atomic E-state index is 4.34. The van der Waals surface area contributed by atoms with Crippen molar-refractivity contribution in [1.82, 2.24) is 0 Å². The van der Waals surface area contributed by atoms with Crippen LogP contribution in [0.4, 0.5) is 28.4 Å². The fourth-order valence-electron chi connectivity index (χ4n) is 2.91. The summed E-state index contributed by atoms with van der Waals surface area (Å²) in [6.45, 7) is 0. The van der Waals surface area contributed by atoms with Crippen LogP contribution in [0.5, 0.6) is 0 Å². The van der Waals surface area contributed by atoms with Crippen molar-refractivity contribution in [1.29, 1.82) is 0 Å². The van der Waals surface area contributed by atoms with E-state index in [4.69, 9.17) is 0 Å². The zero-order valence-corrected chi connectivity index (χ0v) is 18.6. The van der Waals surface area contributed by atoms with Gasteiger partial charge in [-0.1, -0.05) is 50.1 Å². The van der Waals surface area contributed by atoms with Gasteiger partial charge in [-0.15, -0.1) is 0 Å². The van der Waals surface area contributed by atoms with Crippen LogP contribution in [-0.4, -0.2) is 0 Å². The number of hydrogen-bond acceptors (Lipinski definition) is 3. The van der Waals surface area contributed by atoms with Gasteiger partial charge in [0.15, 0.2) is 0 Å². The van der Waals surface area contributed by atoms with Crippen molar-refractivity contribution in [2.24, 2.45) is 10.2 Å². The van der Waals surface area contributed by atoms with Gasteiger partial charge in [-0.3, -0.25) is 0 Å². The SMILES string of the molecule is Brc1ccc(N(c2ccc(Br)cc2)c2ccc(N=Nc3ccccc3)cc2)cc1. The molecule has 29 heavy (non-hydrogen) atoms. The van der Waals surface area contributed by atoms with Crippen LogP contribution in [0.3, 0.4) is 0 Å². The summed E-state index contributed by atoms with van der Waals surface area (Å²) in [5, 5.41) is 8.63. The maximum Gasteiger partial charge on any atom is 0.0858 e. The second-order valence-electron chi connectivity index (χ2n) is 6.34. The average Bonchev–Trinajstić information content (AvgIpc) is 2.77. The molecule has 0 unspecified atom stereocenters. The van der Waals surface area contributed by atoms with E-state index in [1.165, 1.54) is 0 Å². The molecule has 0 heterocycles. The van der Waals surface area contributed by atoms with E-state index >= 15 is 0 Å². The Morgan fingerprint density at radius 1 is 0.448 bits per heavy atom. The summed E-state index contributed by atoms with van der Waals surface area (Å²) in [5.41, 5.74) is 4.85. The number of nitrogens with zero attached hydrogens (tertiary/aromatic N) is 3. The van der Waals surface area contributed by atoms with E-state index < -0.39 is 0 Å². The first-order chi connectivity index (χ1) is 14.2. The molecule has 0 atom stereocenters. The highest BCUT2D eigenvalue weighted by molar-refractivity contribution is 9.10. The van der Waals surface area contributed by atoms with E-state index in [0.717, 1.165) is 37.4 Å². The van der Waals surface area contributed by atoms with Gasteiger partial charge in [-0.2, -0.15) is 10.2 Å². The van der Waals surface area contributed by atoms with Crippen molar-refractivity contribution in [2.75, 3.05) is 4.90 Å². The number of benzene rings is 4. The van der Waals surface area contributed by atoms with E-state index in [2.05, 4.69) is 83.4 Å². The quantitative estimate of drug-likeness (QED) is 0.248. The van der Waals surface area contributed by atoms with Crippen LogP contribution in [0.25, 0.3) is 0 Å². The van der Waals surface area contributed by atoms with Crippen molar-refractivity contribution in [2.45, 2.75) is 0 Å². The summed E-state index contributed by atoms with van der Waals surface area (Å²) in [4.78, 5) is 2.21. The second kappa shape index (κ2) is 9.16. The molecule has 0 fully saturated rings. The Bertz CT molecular complexity index is 1050. The van der Waals surface area contributed by atoms with Crippen molar-refractivity contribution in [3.63, 3.8) is 0 Å². The summed E-state index contributed by atoms with van der Waals surface area (Å²) < 4.78 is 2.10. The fraction of sp³-hybridized carbons (Fsp3) is 0. The minimum absolute atomic E-state index is 0.809. The number of hydrogen-bond donors (Lipinski definition) is 0. The van der Waals surface area contributed by atoms with Gasteiger partial charge in [-0.25, -0.2) is 0 Å². The van der Waals surface area contributed by atoms with Crippen molar-refractivity contribution in [3.8, 4) is 0 Å². The molecule has 4 rings (SSSR count). The van der Waals surface area contributed by atoms with Crippen LogP contribution in [0.15, 0.2) is 122 Å². The molecule has 0 saturated carbocycles. The first-order valence-corrected chi connectivity index (χ1v) is 10.7. The minimum Gasteiger partial charge on any atom is -0.311 e. The zero-order valence-electron chi connectivity index (χ0n) is 15.4. The fourth-order valence-corrected chi connectivity index (χ4v) is 3.43. The van der Waals surface area contributed by atoms with Gasteiger partial charge < -0.3 is 4.90 Å². The second-order valence-corrected chi connectivity index (χ2v) is 8.17. The highest BCUT2D eigenvalue weighted by Gasteiger charge is 2.12. The summed E-state index contributed by atoms with van der Waals surface area (Å²) in [5.74, 6) is 0. The van der Waals surface area contributed by atoms with Crippen LogP contribution in [0, 0.1) is 0 Å². The molecule has 0 aromatic heterocycles. The Kier molecular flexibility index (Phi) is 6.17. The van der Waals surface area contributed by atoms with Gasteiger partial charge in [0.05, 0.1) is 11.4 Å². The molecule has 142 valence electrons. The molecule has 0 N–H and O–H groups in total. The smallest absolute Gasteiger partial charge is 0.0858 e. The number of halogens is 2. The molecule has 0 radical (unpaired) electrons. The lowest BCUT2D eigenvalue weighted by Crippen LogP contribution is -2.09. The highest BCUT2D eigenvalue weighted by Crippen LogP contribution is 2.36. The normalized spacial score (nSPS) is 11.0. The van der Waals surface area contributed by atoms with Crippen LogP contribution >= 0.6 is 31.9 Å². The summed E-state index contributed by atoms with van der Waals surface area (Å²) in [7, 11) is 0. The van der Waals surface area contributed by atoms with Gasteiger partial charge in [0.2, 0.25) is 0 Å². The Labute approximate surface area is 187 Å². The van der Waals surface area contributed by atoms with E-state index in [1.807, 2.05) is 66.7 Å². The third kappa shape index (κ3) is 5.00. The molecule has 3 nitrogen and oxygen atoms in total. The molecule has 0 aliphatic rings. The monoisotopic (exact) mass is 505 g/mol. The standard InChI is InChI=1S/C24H17Br2N3/c25-18-6-12-22(13-7-18)29(23-14-8-19(26)9-15-23)24-16-10-21(11-17-24)28-27-20-4-2-1-3-5-20/h1-17H. The highest BCUT2D eigenvalue weighted by atomic mass is 79.9. The number of rotatable bonds is 5. The zero-order chi connectivity index (χ0) is 20.1. The van der Waals surface area contributed by atoms with E-state index in [9.17, 15) is 0 Å². The third-order valence-corrected chi connectivity index (χ3v) is 5.37. The van der Waals surface area contributed by atoms with Crippen LogP contribution in [0.2, 0.25) is 0 Å². The lowest BCUT2D eigenvalue weighted by molar-refractivity contribution is 1.22. The van der Waals surface area contributed by atoms with Gasteiger partial charge in [0, 0.05) is 26.0 Å². The van der Waals surface area contributed by atoms with E-state index in [-0.39, 0.29) is 0 Å². The third-order valence-electron chi connectivity index (χ3n) is 4.31. The van der Waals surface area contributed by atoms with Crippen molar-refractivity contribution in [3.05, 3.63) is 112 Å². The Hall–Kier alpha value is -2.76. The number of azo groups is 1. The number of anilines is 3. The van der Waals surface area contributed by atoms with Crippen LogP contribution in [0.1, 0.15) is 0 Å². The largest absolute Gasteiger partial charge is 0.311 e. The Morgan fingerprint density at radius 3 is 1.28 bits per heavy atom. The molecule has 4 aromatic carbocycles. The lowest BCUT2D eigenvalue weighted by atomic mass is 10.2. The van der Waals surface area contributed by atoms with Crippen molar-refractivity contribution < 1.29 is 0 Å². The van der Waals surface area contributed by atoms with E-state index in [1.54, 1.807) is 0 Å². The van der Waals surface area contributed by atoms with Crippen LogP contribution in [-0.2, 0) is 0 Å². The molecule has 0 bridgehead atoms. The molecule has 0 amide bonds. The Morgan fingerprint density at radius 2 is 0.828 bits per heavy atom. The predicted octanol–water partition coefficient (Wildman–Crippen LogP) is 9.10. The van der Waals surface area contributed by atoms with Crippen molar-refractivity contribution >= 4 is 60.3 Å². The van der Waals surface area contributed by atoms with Crippen LogP contribution < -0.4 is 4.90 Å². The summed E-state index contributed by atoms with van der Waals surface area (Å²) in [6.07, 6.45) is 0. The van der Waals surface area contributed by atoms with Gasteiger partial charge in [0.1, 0.15) is 0 Å². The topological polar surface area (TPSA) is 28.0 Å². The van der Waals surface area contributed by atoms with Gasteiger partial charge >= 0.3 is 0 Å². The molecule has 0 aliphatic heterocycles. The molecule has 5 heteroatoms. The maximum absolute atomic E-state index is 4.34. The molecular formula is C24H17Br2N3. The summed E-state index contributed by atoms with van der Waals surface area (Å²) in [6, 6.07) is 34.4. The summed E-state index contributed by atoms with van der Waals surface area (Å²) >= 11 is 7.03. The van der Waals surface area contributed by atoms with E-state index in [0.29, 0.717) is 0 Å². The average molecular weight is 507 g/mol. The molecule has 0 spiro atoms. The lowest BCUT2D eigenvalue weighted by Gasteiger charge is -2.25. The Balaban J connectivity index is 1.66. The molecule has 4 aromatic rings. The molecule has 0 saturated heterocycles. The first kappa shape index (κ1) is 19.6. The first-order valence-electron chi connectivity index (χ1n) is 9.07. The van der Waals surface area contributed by atoms with Gasteiger partial charge in [0.25, 0.3) is 0 Å². The molecular weight excluding hydrogens is 490 g/mol.